The quantitative estimate of drug-likeness (QED) is 0.672. The van der Waals surface area contributed by atoms with E-state index in [1.807, 2.05) is 73.5 Å². The predicted molar refractivity (Wildman–Crippen MR) is 116 cm³/mol. The summed E-state index contributed by atoms with van der Waals surface area (Å²) in [5.74, 6) is 0.214. The smallest absolute Gasteiger partial charge is 0.255 e. The predicted octanol–water partition coefficient (Wildman–Crippen LogP) is 3.39. The van der Waals surface area contributed by atoms with Crippen LogP contribution in [0, 0.1) is 6.92 Å². The van der Waals surface area contributed by atoms with Crippen LogP contribution in [-0.2, 0) is 24.3 Å². The van der Waals surface area contributed by atoms with E-state index in [2.05, 4.69) is 10.3 Å². The summed E-state index contributed by atoms with van der Waals surface area (Å²) in [6, 6.07) is 19.1. The molecule has 0 saturated carbocycles. The van der Waals surface area contributed by atoms with Gasteiger partial charge in [-0.05, 0) is 30.5 Å². The lowest BCUT2D eigenvalue weighted by Crippen LogP contribution is -2.34. The number of anilines is 2. The van der Waals surface area contributed by atoms with Crippen LogP contribution in [0.25, 0.3) is 0 Å². The fourth-order valence-electron chi connectivity index (χ4n) is 3.26. The lowest BCUT2D eigenvalue weighted by Gasteiger charge is -2.22. The number of carbonyl (C=O) groups excluding carboxylic acids is 1. The van der Waals surface area contributed by atoms with Gasteiger partial charge < -0.3 is 10.2 Å². The minimum Gasteiger partial charge on any atom is -0.341 e. The molecule has 3 aromatic rings. The molecule has 0 unspecified atom stereocenters. The Morgan fingerprint density at radius 2 is 1.79 bits per heavy atom. The van der Waals surface area contributed by atoms with Crippen molar-refractivity contribution in [2.45, 2.75) is 33.4 Å². The van der Waals surface area contributed by atoms with E-state index in [-0.39, 0.29) is 18.0 Å². The van der Waals surface area contributed by atoms with Crippen LogP contribution in [-0.4, -0.2) is 22.5 Å². The maximum Gasteiger partial charge on any atom is 0.255 e. The second-order valence-corrected chi connectivity index (χ2v) is 7.02. The van der Waals surface area contributed by atoms with Crippen molar-refractivity contribution in [1.29, 1.82) is 0 Å². The van der Waals surface area contributed by atoms with Gasteiger partial charge in [0.25, 0.3) is 5.56 Å². The van der Waals surface area contributed by atoms with E-state index in [1.165, 1.54) is 10.6 Å². The van der Waals surface area contributed by atoms with Gasteiger partial charge in [-0.3, -0.25) is 14.2 Å². The molecule has 0 fully saturated rings. The van der Waals surface area contributed by atoms with Crippen molar-refractivity contribution in [3.63, 3.8) is 0 Å². The van der Waals surface area contributed by atoms with Gasteiger partial charge in [-0.15, -0.1) is 0 Å². The minimum absolute atomic E-state index is 0.0986. The number of aromatic nitrogens is 2. The van der Waals surface area contributed by atoms with Gasteiger partial charge in [0.15, 0.2) is 0 Å². The Balaban J connectivity index is 1.85. The van der Waals surface area contributed by atoms with Crippen molar-refractivity contribution in [1.82, 2.24) is 9.55 Å². The lowest BCUT2D eigenvalue weighted by molar-refractivity contribution is -0.116. The van der Waals surface area contributed by atoms with E-state index < -0.39 is 0 Å². The molecule has 1 heterocycles. The first kappa shape index (κ1) is 20.3. The van der Waals surface area contributed by atoms with Crippen LogP contribution in [0.3, 0.4) is 0 Å². The number of amides is 1. The van der Waals surface area contributed by atoms with E-state index in [0.717, 1.165) is 23.2 Å². The van der Waals surface area contributed by atoms with Gasteiger partial charge in [-0.2, -0.15) is 0 Å². The van der Waals surface area contributed by atoms with Gasteiger partial charge in [-0.25, -0.2) is 4.98 Å². The zero-order valence-electron chi connectivity index (χ0n) is 17.1. The lowest BCUT2D eigenvalue weighted by atomic mass is 10.1. The van der Waals surface area contributed by atoms with E-state index in [4.69, 9.17) is 0 Å². The molecule has 6 nitrogen and oxygen atoms in total. The van der Waals surface area contributed by atoms with Gasteiger partial charge >= 0.3 is 0 Å². The van der Waals surface area contributed by atoms with Gasteiger partial charge in [-0.1, -0.05) is 55.5 Å². The molecule has 0 spiro atoms. The van der Waals surface area contributed by atoms with Crippen LogP contribution < -0.4 is 15.8 Å². The molecule has 0 radical (unpaired) electrons. The van der Waals surface area contributed by atoms with Gasteiger partial charge in [0.1, 0.15) is 6.54 Å². The molecule has 0 bridgehead atoms. The number of hydrogen-bond donors (Lipinski definition) is 1. The number of carbonyl (C=O) groups is 1. The largest absolute Gasteiger partial charge is 0.341 e. The number of benzene rings is 2. The average Bonchev–Trinajstić information content (AvgIpc) is 2.71. The molecular formula is C23H26N4O2. The van der Waals surface area contributed by atoms with Crippen molar-refractivity contribution in [3.05, 3.63) is 87.8 Å². The summed E-state index contributed by atoms with van der Waals surface area (Å²) >= 11 is 0. The Morgan fingerprint density at radius 3 is 2.52 bits per heavy atom. The zero-order chi connectivity index (χ0) is 20.8. The highest BCUT2D eigenvalue weighted by atomic mass is 16.2. The highest BCUT2D eigenvalue weighted by molar-refractivity contribution is 5.91. The first-order chi connectivity index (χ1) is 14.0. The monoisotopic (exact) mass is 390 g/mol. The van der Waals surface area contributed by atoms with Crippen molar-refractivity contribution in [2.24, 2.45) is 0 Å². The van der Waals surface area contributed by atoms with Crippen molar-refractivity contribution in [2.75, 3.05) is 17.3 Å². The number of para-hydroxylation sites is 1. The number of nitrogens with one attached hydrogen (secondary N) is 1. The third-order valence-electron chi connectivity index (χ3n) is 4.69. The summed E-state index contributed by atoms with van der Waals surface area (Å²) in [5.41, 5.74) is 3.30. The van der Waals surface area contributed by atoms with Gasteiger partial charge in [0, 0.05) is 31.0 Å². The summed E-state index contributed by atoms with van der Waals surface area (Å²) in [7, 11) is 1.87. The standard InChI is InChI=1S/C23H26N4O2/c1-4-19-12-8-9-13-20(19)25-21(28)16-27-22(29)14-17(2)24-23(27)26(3)15-18-10-6-5-7-11-18/h5-14H,4,15-16H2,1-3H3,(H,25,28). The number of rotatable bonds is 7. The second-order valence-electron chi connectivity index (χ2n) is 7.02. The molecule has 0 aliphatic carbocycles. The first-order valence-corrected chi connectivity index (χ1v) is 9.69. The van der Waals surface area contributed by atoms with E-state index in [0.29, 0.717) is 18.2 Å². The molecule has 0 aliphatic heterocycles. The summed E-state index contributed by atoms with van der Waals surface area (Å²) in [6.45, 7) is 4.30. The highest BCUT2D eigenvalue weighted by Gasteiger charge is 2.16. The molecular weight excluding hydrogens is 364 g/mol. The summed E-state index contributed by atoms with van der Waals surface area (Å²) in [5, 5.41) is 2.92. The molecule has 0 atom stereocenters. The Kier molecular flexibility index (Phi) is 6.44. The molecule has 29 heavy (non-hydrogen) atoms. The Hall–Kier alpha value is -3.41. The van der Waals surface area contributed by atoms with Crippen LogP contribution in [0.2, 0.25) is 0 Å². The van der Waals surface area contributed by atoms with E-state index in [1.54, 1.807) is 6.92 Å². The third-order valence-corrected chi connectivity index (χ3v) is 4.69. The Labute approximate surface area is 170 Å². The molecule has 6 heteroatoms. The second kappa shape index (κ2) is 9.19. The highest BCUT2D eigenvalue weighted by Crippen LogP contribution is 2.16. The van der Waals surface area contributed by atoms with Crippen LogP contribution in [0.5, 0.6) is 0 Å². The van der Waals surface area contributed by atoms with Gasteiger partial charge in [0.05, 0.1) is 0 Å². The summed E-state index contributed by atoms with van der Waals surface area (Å²) in [6.07, 6.45) is 0.813. The fourth-order valence-corrected chi connectivity index (χ4v) is 3.26. The van der Waals surface area contributed by atoms with Crippen molar-refractivity contribution in [3.8, 4) is 0 Å². The maximum atomic E-state index is 12.7. The molecule has 0 aliphatic rings. The van der Waals surface area contributed by atoms with Crippen LogP contribution in [0.1, 0.15) is 23.7 Å². The molecule has 0 saturated heterocycles. The number of nitrogens with zero attached hydrogens (tertiary/aromatic N) is 3. The number of aryl methyl sites for hydroxylation is 2. The van der Waals surface area contributed by atoms with Crippen LogP contribution >= 0.6 is 0 Å². The zero-order valence-corrected chi connectivity index (χ0v) is 17.1. The molecule has 2 aromatic carbocycles. The Bertz CT molecular complexity index is 1040. The third kappa shape index (κ3) is 5.10. The van der Waals surface area contributed by atoms with Crippen LogP contribution in [0.15, 0.2) is 65.5 Å². The fraction of sp³-hybridized carbons (Fsp3) is 0.261. The summed E-state index contributed by atoms with van der Waals surface area (Å²) < 4.78 is 1.42. The number of hydrogen-bond acceptors (Lipinski definition) is 4. The topological polar surface area (TPSA) is 67.2 Å². The maximum absolute atomic E-state index is 12.7. The Morgan fingerprint density at radius 1 is 1.10 bits per heavy atom. The average molecular weight is 390 g/mol. The van der Waals surface area contributed by atoms with Gasteiger partial charge in [0.2, 0.25) is 11.9 Å². The first-order valence-electron chi connectivity index (χ1n) is 9.69. The van der Waals surface area contributed by atoms with E-state index in [9.17, 15) is 9.59 Å². The molecule has 150 valence electrons. The van der Waals surface area contributed by atoms with Crippen LogP contribution in [0.4, 0.5) is 11.6 Å². The summed E-state index contributed by atoms with van der Waals surface area (Å²) in [4.78, 5) is 31.8. The minimum atomic E-state index is -0.256. The van der Waals surface area contributed by atoms with Crippen molar-refractivity contribution >= 4 is 17.5 Å². The van der Waals surface area contributed by atoms with Crippen molar-refractivity contribution < 1.29 is 4.79 Å². The molecule has 1 amide bonds. The molecule has 1 aromatic heterocycles. The SMILES string of the molecule is CCc1ccccc1NC(=O)Cn1c(N(C)Cc2ccccc2)nc(C)cc1=O. The molecule has 1 N–H and O–H groups in total. The van der Waals surface area contributed by atoms with E-state index >= 15 is 0 Å². The normalized spacial score (nSPS) is 10.6. The molecule has 3 rings (SSSR count).